The van der Waals surface area contributed by atoms with E-state index in [-0.39, 0.29) is 11.3 Å². The normalized spacial score (nSPS) is 13.4. The van der Waals surface area contributed by atoms with Gasteiger partial charge in [0.25, 0.3) is 0 Å². The van der Waals surface area contributed by atoms with Crippen molar-refractivity contribution in [3.63, 3.8) is 0 Å². The Kier molecular flexibility index (Phi) is 3.64. The van der Waals surface area contributed by atoms with E-state index in [1.165, 1.54) is 20.3 Å². The highest BCUT2D eigenvalue weighted by Gasteiger charge is 2.39. The monoisotopic (exact) mass is 236 g/mol. The van der Waals surface area contributed by atoms with Gasteiger partial charge in [0.1, 0.15) is 0 Å². The second-order valence-corrected chi connectivity index (χ2v) is 3.06. The van der Waals surface area contributed by atoms with E-state index in [9.17, 15) is 13.2 Å². The predicted molar refractivity (Wildman–Crippen MR) is 50.6 cm³/mol. The number of methoxy groups -OCH3 is 2. The van der Waals surface area contributed by atoms with Gasteiger partial charge in [-0.25, -0.2) is 0 Å². The Hall–Kier alpha value is -1.43. The van der Waals surface area contributed by atoms with Crippen LogP contribution in [0.1, 0.15) is 11.7 Å². The van der Waals surface area contributed by atoms with Gasteiger partial charge in [-0.3, -0.25) is 0 Å². The number of halogens is 3. The summed E-state index contributed by atoms with van der Waals surface area (Å²) >= 11 is 0. The molecule has 6 heteroatoms. The van der Waals surface area contributed by atoms with E-state index >= 15 is 0 Å². The van der Waals surface area contributed by atoms with Crippen molar-refractivity contribution in [2.75, 3.05) is 14.2 Å². The fraction of sp³-hybridized carbons (Fsp3) is 0.400. The molecule has 0 aliphatic carbocycles. The molecule has 1 rings (SSSR count). The van der Waals surface area contributed by atoms with E-state index < -0.39 is 12.3 Å². The quantitative estimate of drug-likeness (QED) is 0.875. The van der Waals surface area contributed by atoms with Crippen LogP contribution in [0.3, 0.4) is 0 Å². The van der Waals surface area contributed by atoms with Gasteiger partial charge in [0.05, 0.1) is 14.2 Å². The Balaban J connectivity index is 3.08. The third-order valence-corrected chi connectivity index (χ3v) is 2.03. The topological polar surface area (TPSA) is 38.7 Å². The molecule has 0 amide bonds. The SMILES string of the molecule is COc1ccc([C@H](O)C(F)(F)F)cc1OC. The van der Waals surface area contributed by atoms with Gasteiger partial charge >= 0.3 is 6.18 Å². The summed E-state index contributed by atoms with van der Waals surface area (Å²) in [5.74, 6) is 0.448. The van der Waals surface area contributed by atoms with Crippen LogP contribution in [0.25, 0.3) is 0 Å². The predicted octanol–water partition coefficient (Wildman–Crippen LogP) is 2.30. The van der Waals surface area contributed by atoms with Crippen molar-refractivity contribution in [1.82, 2.24) is 0 Å². The molecule has 0 saturated heterocycles. The average Bonchev–Trinajstić information content (AvgIpc) is 2.25. The average molecular weight is 236 g/mol. The van der Waals surface area contributed by atoms with Crippen LogP contribution in [0.4, 0.5) is 13.2 Å². The van der Waals surface area contributed by atoms with Crippen LogP contribution in [0, 0.1) is 0 Å². The van der Waals surface area contributed by atoms with E-state index in [0.717, 1.165) is 12.1 Å². The summed E-state index contributed by atoms with van der Waals surface area (Å²) in [6.45, 7) is 0. The summed E-state index contributed by atoms with van der Waals surface area (Å²) < 4.78 is 46.4. The Morgan fingerprint density at radius 3 is 2.12 bits per heavy atom. The number of benzene rings is 1. The van der Waals surface area contributed by atoms with Crippen LogP contribution in [-0.2, 0) is 0 Å². The van der Waals surface area contributed by atoms with Crippen LogP contribution in [-0.4, -0.2) is 25.5 Å². The lowest BCUT2D eigenvalue weighted by Gasteiger charge is -2.16. The van der Waals surface area contributed by atoms with Crippen LogP contribution < -0.4 is 9.47 Å². The first kappa shape index (κ1) is 12.6. The number of hydrogen-bond donors (Lipinski definition) is 1. The Labute approximate surface area is 90.4 Å². The van der Waals surface area contributed by atoms with Gasteiger partial charge in [0.2, 0.25) is 0 Å². The van der Waals surface area contributed by atoms with Crippen molar-refractivity contribution in [1.29, 1.82) is 0 Å². The molecule has 0 bridgehead atoms. The van der Waals surface area contributed by atoms with Crippen LogP contribution in [0.5, 0.6) is 11.5 Å². The van der Waals surface area contributed by atoms with Crippen LogP contribution in [0.2, 0.25) is 0 Å². The molecule has 1 N–H and O–H groups in total. The molecular formula is C10H11F3O3. The highest BCUT2D eigenvalue weighted by Crippen LogP contribution is 2.36. The molecule has 0 aliphatic heterocycles. The number of aliphatic hydroxyl groups excluding tert-OH is 1. The maximum Gasteiger partial charge on any atom is 0.418 e. The van der Waals surface area contributed by atoms with Gasteiger partial charge < -0.3 is 14.6 Å². The highest BCUT2D eigenvalue weighted by atomic mass is 19.4. The van der Waals surface area contributed by atoms with Crippen molar-refractivity contribution < 1.29 is 27.8 Å². The Morgan fingerprint density at radius 1 is 1.12 bits per heavy atom. The largest absolute Gasteiger partial charge is 0.493 e. The molecule has 1 atom stereocenters. The molecule has 0 aliphatic rings. The van der Waals surface area contributed by atoms with E-state index in [2.05, 4.69) is 0 Å². The zero-order valence-electron chi connectivity index (χ0n) is 8.71. The first-order valence-electron chi connectivity index (χ1n) is 4.37. The number of alkyl halides is 3. The Morgan fingerprint density at radius 2 is 1.69 bits per heavy atom. The lowest BCUT2D eigenvalue weighted by molar-refractivity contribution is -0.206. The molecule has 90 valence electrons. The minimum atomic E-state index is -4.69. The maximum absolute atomic E-state index is 12.2. The second-order valence-electron chi connectivity index (χ2n) is 3.06. The van der Waals surface area contributed by atoms with Crippen molar-refractivity contribution in [2.45, 2.75) is 12.3 Å². The summed E-state index contributed by atoms with van der Waals surface area (Å²) in [5, 5.41) is 9.02. The number of ether oxygens (including phenoxy) is 2. The number of rotatable bonds is 3. The smallest absolute Gasteiger partial charge is 0.418 e. The molecule has 16 heavy (non-hydrogen) atoms. The van der Waals surface area contributed by atoms with Gasteiger partial charge in [0.15, 0.2) is 17.6 Å². The molecule has 0 aromatic heterocycles. The molecule has 1 aromatic carbocycles. The summed E-state index contributed by atoms with van der Waals surface area (Å²) in [4.78, 5) is 0. The van der Waals surface area contributed by atoms with Crippen molar-refractivity contribution in [3.8, 4) is 11.5 Å². The fourth-order valence-corrected chi connectivity index (χ4v) is 1.21. The summed E-state index contributed by atoms with van der Waals surface area (Å²) in [5.41, 5.74) is -0.287. The molecule has 0 spiro atoms. The molecule has 3 nitrogen and oxygen atoms in total. The minimum Gasteiger partial charge on any atom is -0.493 e. The summed E-state index contributed by atoms with van der Waals surface area (Å²) in [6, 6.07) is 3.54. The molecule has 0 saturated carbocycles. The van der Waals surface area contributed by atoms with Crippen molar-refractivity contribution in [3.05, 3.63) is 23.8 Å². The number of aliphatic hydroxyl groups is 1. The zero-order valence-corrected chi connectivity index (χ0v) is 8.71. The molecule has 0 unspecified atom stereocenters. The number of hydrogen-bond acceptors (Lipinski definition) is 3. The van der Waals surface area contributed by atoms with Crippen LogP contribution in [0.15, 0.2) is 18.2 Å². The maximum atomic E-state index is 12.2. The van der Waals surface area contributed by atoms with Gasteiger partial charge in [-0.05, 0) is 17.7 Å². The fourth-order valence-electron chi connectivity index (χ4n) is 1.21. The molecule has 0 radical (unpaired) electrons. The molecule has 1 aromatic rings. The first-order valence-corrected chi connectivity index (χ1v) is 4.37. The third-order valence-electron chi connectivity index (χ3n) is 2.03. The summed E-state index contributed by atoms with van der Waals surface area (Å²) in [6.07, 6.45) is -7.22. The lowest BCUT2D eigenvalue weighted by Crippen LogP contribution is -2.20. The van der Waals surface area contributed by atoms with E-state index in [4.69, 9.17) is 14.6 Å². The third kappa shape index (κ3) is 2.57. The van der Waals surface area contributed by atoms with E-state index in [0.29, 0.717) is 5.75 Å². The van der Waals surface area contributed by atoms with Crippen LogP contribution >= 0.6 is 0 Å². The highest BCUT2D eigenvalue weighted by molar-refractivity contribution is 5.43. The standard InChI is InChI=1S/C10H11F3O3/c1-15-7-4-3-6(5-8(7)16-2)9(14)10(11,12)13/h3-5,9,14H,1-2H3/t9-/m0/s1. The zero-order chi connectivity index (χ0) is 12.3. The molecule has 0 heterocycles. The Bertz CT molecular complexity index is 363. The van der Waals surface area contributed by atoms with Crippen molar-refractivity contribution in [2.24, 2.45) is 0 Å². The molecular weight excluding hydrogens is 225 g/mol. The van der Waals surface area contributed by atoms with Gasteiger partial charge in [0, 0.05) is 0 Å². The summed E-state index contributed by atoms with van der Waals surface area (Å²) in [7, 11) is 2.68. The second kappa shape index (κ2) is 4.61. The van der Waals surface area contributed by atoms with E-state index in [1.54, 1.807) is 0 Å². The first-order chi connectivity index (χ1) is 7.40. The van der Waals surface area contributed by atoms with Gasteiger partial charge in [-0.2, -0.15) is 13.2 Å². The lowest BCUT2D eigenvalue weighted by atomic mass is 10.1. The molecule has 0 fully saturated rings. The minimum absolute atomic E-state index is 0.142. The van der Waals surface area contributed by atoms with Gasteiger partial charge in [-0.15, -0.1) is 0 Å². The van der Waals surface area contributed by atoms with Crippen molar-refractivity contribution >= 4 is 0 Å². The van der Waals surface area contributed by atoms with E-state index in [1.807, 2.05) is 0 Å². The van der Waals surface area contributed by atoms with Gasteiger partial charge in [-0.1, -0.05) is 6.07 Å².